The van der Waals surface area contributed by atoms with E-state index in [0.29, 0.717) is 5.56 Å². The van der Waals surface area contributed by atoms with Crippen molar-refractivity contribution in [3.8, 4) is 0 Å². The molecule has 0 aliphatic heterocycles. The first-order valence-corrected chi connectivity index (χ1v) is 4.61. The first kappa shape index (κ1) is 8.44. The summed E-state index contributed by atoms with van der Waals surface area (Å²) in [6.07, 6.45) is 2.67. The van der Waals surface area contributed by atoms with Gasteiger partial charge in [0.15, 0.2) is 0 Å². The van der Waals surface area contributed by atoms with Gasteiger partial charge < -0.3 is 4.40 Å². The molecule has 0 spiro atoms. The molecule has 0 bridgehead atoms. The number of carbonyl (C=O) groups excluding carboxylic acids is 1. The normalized spacial score (nSPS) is 10.6. The highest BCUT2D eigenvalue weighted by molar-refractivity contribution is 9.10. The Bertz CT molecular complexity index is 476. The van der Waals surface area contributed by atoms with E-state index in [4.69, 9.17) is 0 Å². The van der Waals surface area contributed by atoms with Crippen LogP contribution in [0, 0.1) is 6.92 Å². The highest BCUT2D eigenvalue weighted by Gasteiger charge is 2.05. The lowest BCUT2D eigenvalue weighted by atomic mass is 10.3. The van der Waals surface area contributed by atoms with Gasteiger partial charge in [-0.25, -0.2) is 4.98 Å². The Morgan fingerprint density at radius 3 is 3.08 bits per heavy atom. The molecule has 0 aliphatic carbocycles. The van der Waals surface area contributed by atoms with E-state index in [9.17, 15) is 4.79 Å². The summed E-state index contributed by atoms with van der Waals surface area (Å²) in [6.45, 7) is 1.92. The highest BCUT2D eigenvalue weighted by Crippen LogP contribution is 2.18. The van der Waals surface area contributed by atoms with E-state index in [-0.39, 0.29) is 0 Å². The van der Waals surface area contributed by atoms with E-state index in [1.807, 2.05) is 17.5 Å². The van der Waals surface area contributed by atoms with Crippen LogP contribution < -0.4 is 0 Å². The molecule has 0 radical (unpaired) electrons. The molecule has 2 aromatic heterocycles. The van der Waals surface area contributed by atoms with Gasteiger partial charge in [-0.2, -0.15) is 0 Å². The third kappa shape index (κ3) is 1.27. The Labute approximate surface area is 83.5 Å². The van der Waals surface area contributed by atoms with Gasteiger partial charge >= 0.3 is 0 Å². The Balaban J connectivity index is 2.83. The molecule has 4 heteroatoms. The van der Waals surface area contributed by atoms with Crippen LogP contribution in [0.1, 0.15) is 16.2 Å². The number of rotatable bonds is 1. The van der Waals surface area contributed by atoms with Gasteiger partial charge in [0.1, 0.15) is 16.7 Å². The highest BCUT2D eigenvalue weighted by atomic mass is 79.9. The maximum absolute atomic E-state index is 10.5. The van der Waals surface area contributed by atoms with Gasteiger partial charge in [-0.1, -0.05) is 0 Å². The lowest BCUT2D eigenvalue weighted by Crippen LogP contribution is -1.88. The van der Waals surface area contributed by atoms with Crippen LogP contribution in [0.2, 0.25) is 0 Å². The van der Waals surface area contributed by atoms with Crippen molar-refractivity contribution in [2.45, 2.75) is 6.92 Å². The molecule has 13 heavy (non-hydrogen) atoms. The van der Waals surface area contributed by atoms with E-state index >= 15 is 0 Å². The van der Waals surface area contributed by atoms with Crippen molar-refractivity contribution >= 4 is 27.7 Å². The van der Waals surface area contributed by atoms with Gasteiger partial charge in [0.2, 0.25) is 0 Å². The number of nitrogens with zero attached hydrogens (tertiary/aromatic N) is 2. The summed E-state index contributed by atoms with van der Waals surface area (Å²) in [5.74, 6) is 0.902. The summed E-state index contributed by atoms with van der Waals surface area (Å²) in [4.78, 5) is 14.8. The maximum Gasteiger partial charge on any atom is 0.150 e. The van der Waals surface area contributed by atoms with Gasteiger partial charge in [-0.05, 0) is 35.0 Å². The van der Waals surface area contributed by atoms with Crippen LogP contribution >= 0.6 is 15.9 Å². The molecule has 0 aliphatic rings. The first-order chi connectivity index (χ1) is 6.22. The zero-order valence-corrected chi connectivity index (χ0v) is 8.58. The van der Waals surface area contributed by atoms with Crippen LogP contribution in [0.4, 0.5) is 0 Å². The smallest absolute Gasteiger partial charge is 0.150 e. The standard InChI is InChI=1S/C9H7BrN2O/c1-6-11-9(10)8-4-7(5-13)2-3-12(6)8/h2-5H,1H3. The van der Waals surface area contributed by atoms with Crippen molar-refractivity contribution in [2.75, 3.05) is 0 Å². The van der Waals surface area contributed by atoms with Gasteiger partial charge in [-0.3, -0.25) is 4.79 Å². The minimum Gasteiger partial charge on any atom is -0.303 e. The van der Waals surface area contributed by atoms with Crippen LogP contribution in [0.15, 0.2) is 22.9 Å². The van der Waals surface area contributed by atoms with E-state index < -0.39 is 0 Å². The average molecular weight is 239 g/mol. The molecule has 2 aromatic rings. The predicted octanol–water partition coefficient (Wildman–Crippen LogP) is 2.22. The maximum atomic E-state index is 10.5. The summed E-state index contributed by atoms with van der Waals surface area (Å²) in [6, 6.07) is 3.57. The van der Waals surface area contributed by atoms with Gasteiger partial charge in [-0.15, -0.1) is 0 Å². The van der Waals surface area contributed by atoms with Crippen molar-refractivity contribution in [3.63, 3.8) is 0 Å². The molecule has 66 valence electrons. The molecule has 3 nitrogen and oxygen atoms in total. The lowest BCUT2D eigenvalue weighted by Gasteiger charge is -1.96. The minimum atomic E-state index is 0.660. The Morgan fingerprint density at radius 1 is 1.62 bits per heavy atom. The Hall–Kier alpha value is -1.16. The summed E-state index contributed by atoms with van der Waals surface area (Å²) < 4.78 is 2.70. The van der Waals surface area contributed by atoms with Crippen LogP contribution in [0.25, 0.3) is 5.52 Å². The number of aldehydes is 1. The van der Waals surface area contributed by atoms with E-state index in [2.05, 4.69) is 20.9 Å². The zero-order valence-electron chi connectivity index (χ0n) is 6.99. The SMILES string of the molecule is Cc1nc(Br)c2cc(C=O)ccn12. The number of hydrogen-bond acceptors (Lipinski definition) is 2. The number of fused-ring (bicyclic) bond motifs is 1. The topological polar surface area (TPSA) is 34.4 Å². The van der Waals surface area contributed by atoms with E-state index in [1.54, 1.807) is 12.1 Å². The quantitative estimate of drug-likeness (QED) is 0.715. The fourth-order valence-electron chi connectivity index (χ4n) is 1.28. The molecular weight excluding hydrogens is 232 g/mol. The second kappa shape index (κ2) is 2.96. The second-order valence-corrected chi connectivity index (χ2v) is 3.53. The van der Waals surface area contributed by atoms with Crippen LogP contribution in [0.3, 0.4) is 0 Å². The third-order valence-electron chi connectivity index (χ3n) is 1.94. The molecule has 0 N–H and O–H groups in total. The molecular formula is C9H7BrN2O. The number of aryl methyl sites for hydroxylation is 1. The van der Waals surface area contributed by atoms with Crippen molar-refractivity contribution in [3.05, 3.63) is 34.3 Å². The molecule has 0 saturated carbocycles. The van der Waals surface area contributed by atoms with E-state index in [0.717, 1.165) is 22.2 Å². The zero-order chi connectivity index (χ0) is 9.42. The molecule has 0 atom stereocenters. The number of aromatic nitrogens is 2. The van der Waals surface area contributed by atoms with Crippen LogP contribution in [0.5, 0.6) is 0 Å². The van der Waals surface area contributed by atoms with Gasteiger partial charge in [0.05, 0.1) is 5.52 Å². The van der Waals surface area contributed by atoms with Crippen LogP contribution in [-0.2, 0) is 0 Å². The Kier molecular flexibility index (Phi) is 1.92. The van der Waals surface area contributed by atoms with Gasteiger partial charge in [0.25, 0.3) is 0 Å². The average Bonchev–Trinajstić information content (AvgIpc) is 2.42. The number of imidazole rings is 1. The number of halogens is 1. The summed E-state index contributed by atoms with van der Waals surface area (Å²) >= 11 is 3.33. The predicted molar refractivity (Wildman–Crippen MR) is 53.0 cm³/mol. The van der Waals surface area contributed by atoms with Crippen molar-refractivity contribution < 1.29 is 4.79 Å². The molecule has 0 aromatic carbocycles. The fraction of sp³-hybridized carbons (Fsp3) is 0.111. The third-order valence-corrected chi connectivity index (χ3v) is 2.52. The largest absolute Gasteiger partial charge is 0.303 e. The number of hydrogen-bond donors (Lipinski definition) is 0. The molecule has 2 heterocycles. The van der Waals surface area contributed by atoms with E-state index in [1.165, 1.54) is 0 Å². The summed E-state index contributed by atoms with van der Waals surface area (Å²) in [5.41, 5.74) is 1.58. The molecule has 0 fully saturated rings. The molecule has 2 rings (SSSR count). The lowest BCUT2D eigenvalue weighted by molar-refractivity contribution is 0.112. The Morgan fingerprint density at radius 2 is 2.38 bits per heavy atom. The molecule has 0 amide bonds. The van der Waals surface area contributed by atoms with Gasteiger partial charge in [0, 0.05) is 11.8 Å². The first-order valence-electron chi connectivity index (χ1n) is 3.82. The summed E-state index contributed by atoms with van der Waals surface area (Å²) in [7, 11) is 0. The molecule has 0 saturated heterocycles. The fourth-order valence-corrected chi connectivity index (χ4v) is 1.85. The van der Waals surface area contributed by atoms with Crippen molar-refractivity contribution in [2.24, 2.45) is 0 Å². The minimum absolute atomic E-state index is 0.660. The number of pyridine rings is 1. The van der Waals surface area contributed by atoms with Crippen LogP contribution in [-0.4, -0.2) is 15.7 Å². The second-order valence-electron chi connectivity index (χ2n) is 2.78. The molecule has 0 unspecified atom stereocenters. The summed E-state index contributed by atoms with van der Waals surface area (Å²) in [5, 5.41) is 0. The monoisotopic (exact) mass is 238 g/mol. The van der Waals surface area contributed by atoms with Crippen molar-refractivity contribution in [1.29, 1.82) is 0 Å². The number of carbonyl (C=O) groups is 1. The van der Waals surface area contributed by atoms with Crippen molar-refractivity contribution in [1.82, 2.24) is 9.38 Å².